The van der Waals surface area contributed by atoms with Crippen LogP contribution in [-0.4, -0.2) is 32.5 Å². The molecule has 1 amide bonds. The summed E-state index contributed by atoms with van der Waals surface area (Å²) in [6, 6.07) is 12.8. The second-order valence-electron chi connectivity index (χ2n) is 6.34. The zero-order chi connectivity index (χ0) is 23.6. The number of rotatable bonds is 8. The van der Waals surface area contributed by atoms with Crippen molar-refractivity contribution in [2.45, 2.75) is 34.1 Å². The first kappa shape index (κ1) is 27.7. The smallest absolute Gasteiger partial charge is 0.227 e. The van der Waals surface area contributed by atoms with E-state index in [1.165, 1.54) is 0 Å². The van der Waals surface area contributed by atoms with E-state index in [1.54, 1.807) is 24.3 Å². The van der Waals surface area contributed by atoms with Gasteiger partial charge in [-0.15, -0.1) is 0 Å². The molecule has 170 valence electrons. The van der Waals surface area contributed by atoms with Crippen molar-refractivity contribution in [2.24, 2.45) is 5.73 Å². The summed E-state index contributed by atoms with van der Waals surface area (Å²) >= 11 is 0. The minimum atomic E-state index is -0.225. The zero-order valence-corrected chi connectivity index (χ0v) is 19.3. The molecule has 0 aliphatic rings. The van der Waals surface area contributed by atoms with Crippen LogP contribution in [0.4, 0.5) is 11.4 Å². The van der Waals surface area contributed by atoms with E-state index in [4.69, 9.17) is 11.5 Å². The highest BCUT2D eigenvalue weighted by molar-refractivity contribution is 5.89. The fourth-order valence-corrected chi connectivity index (χ4v) is 2.37. The molecule has 0 aliphatic heterocycles. The number of nitrogens with one attached hydrogen (secondary N) is 3. The molecule has 0 saturated carbocycles. The van der Waals surface area contributed by atoms with Gasteiger partial charge in [0, 0.05) is 11.3 Å². The summed E-state index contributed by atoms with van der Waals surface area (Å²) in [4.78, 5) is 23.0. The number of amides is 1. The molecule has 2 rings (SSSR count). The number of carbonyl (C=O) groups excluding carboxylic acids is 2. The van der Waals surface area contributed by atoms with Crippen molar-refractivity contribution in [1.29, 1.82) is 0 Å². The van der Waals surface area contributed by atoms with Crippen LogP contribution >= 0.6 is 0 Å². The molecular weight excluding hydrogens is 390 g/mol. The third-order valence-corrected chi connectivity index (χ3v) is 4.05. The largest absolute Gasteiger partial charge is 0.402 e. The molecule has 0 bridgehead atoms. The molecule has 0 fully saturated rings. The first-order valence-corrected chi connectivity index (χ1v) is 10.4. The van der Waals surface area contributed by atoms with E-state index in [0.29, 0.717) is 28.9 Å². The van der Waals surface area contributed by atoms with Gasteiger partial charge in [-0.1, -0.05) is 51.1 Å². The predicted molar refractivity (Wildman–Crippen MR) is 132 cm³/mol. The highest BCUT2D eigenvalue weighted by Crippen LogP contribution is 2.21. The highest BCUT2D eigenvalue weighted by Gasteiger charge is 2.07. The second-order valence-corrected chi connectivity index (χ2v) is 6.34. The molecule has 0 aliphatic carbocycles. The van der Waals surface area contributed by atoms with E-state index in [1.807, 2.05) is 52.1 Å². The van der Waals surface area contributed by atoms with E-state index < -0.39 is 0 Å². The fraction of sp³-hybridized carbons (Fsp3) is 0.333. The van der Waals surface area contributed by atoms with Crippen molar-refractivity contribution in [3.63, 3.8) is 0 Å². The number of carbonyl (C=O) groups is 2. The Hall–Kier alpha value is -3.32. The van der Waals surface area contributed by atoms with Crippen LogP contribution in [0.2, 0.25) is 0 Å². The lowest BCUT2D eigenvalue weighted by molar-refractivity contribution is -0.120. The molecule has 0 unspecified atom stereocenters. The predicted octanol–water partition coefficient (Wildman–Crippen LogP) is 3.52. The van der Waals surface area contributed by atoms with Gasteiger partial charge in [0.05, 0.1) is 24.5 Å². The Kier molecular flexibility index (Phi) is 14.7. The van der Waals surface area contributed by atoms with Crippen LogP contribution in [0, 0.1) is 6.92 Å². The summed E-state index contributed by atoms with van der Waals surface area (Å²) < 4.78 is 0. The third kappa shape index (κ3) is 10.9. The Morgan fingerprint density at radius 3 is 2.26 bits per heavy atom. The maximum Gasteiger partial charge on any atom is 0.227 e. The SMILES string of the molecule is CC.CCNC.Cc1ccccc1/C=C(\N)CC(=O)NCNc1c(N)cccc1C=O. The van der Waals surface area contributed by atoms with Crippen LogP contribution in [-0.2, 0) is 4.79 Å². The second kappa shape index (κ2) is 16.5. The molecule has 0 aromatic heterocycles. The first-order chi connectivity index (χ1) is 14.9. The fourth-order valence-electron chi connectivity index (χ4n) is 2.37. The normalized spacial score (nSPS) is 10.0. The molecule has 0 spiro atoms. The summed E-state index contributed by atoms with van der Waals surface area (Å²) in [5.74, 6) is -0.225. The van der Waals surface area contributed by atoms with Crippen LogP contribution < -0.4 is 27.4 Å². The lowest BCUT2D eigenvalue weighted by Crippen LogP contribution is -2.30. The molecule has 2 aromatic carbocycles. The maximum absolute atomic E-state index is 12.0. The van der Waals surface area contributed by atoms with E-state index in [9.17, 15) is 9.59 Å². The number of para-hydroxylation sites is 1. The van der Waals surface area contributed by atoms with E-state index in [2.05, 4.69) is 22.9 Å². The molecule has 0 heterocycles. The summed E-state index contributed by atoms with van der Waals surface area (Å²) in [5, 5.41) is 8.58. The average molecular weight is 428 g/mol. The quantitative estimate of drug-likeness (QED) is 0.250. The third-order valence-electron chi connectivity index (χ3n) is 4.05. The molecule has 7 nitrogen and oxygen atoms in total. The van der Waals surface area contributed by atoms with Crippen molar-refractivity contribution < 1.29 is 9.59 Å². The number of aldehydes is 1. The van der Waals surface area contributed by atoms with E-state index >= 15 is 0 Å². The summed E-state index contributed by atoms with van der Waals surface area (Å²) in [6.07, 6.45) is 2.59. The van der Waals surface area contributed by atoms with Crippen LogP contribution in [0.5, 0.6) is 0 Å². The van der Waals surface area contributed by atoms with Gasteiger partial charge in [0.1, 0.15) is 0 Å². The summed E-state index contributed by atoms with van der Waals surface area (Å²) in [5.41, 5.74) is 15.7. The number of hydrogen-bond donors (Lipinski definition) is 5. The van der Waals surface area contributed by atoms with Crippen molar-refractivity contribution in [3.8, 4) is 0 Å². The van der Waals surface area contributed by atoms with Gasteiger partial charge in [0.2, 0.25) is 5.91 Å². The van der Waals surface area contributed by atoms with Crippen LogP contribution in [0.3, 0.4) is 0 Å². The van der Waals surface area contributed by atoms with Gasteiger partial charge in [-0.25, -0.2) is 0 Å². The van der Waals surface area contributed by atoms with Crippen molar-refractivity contribution in [3.05, 3.63) is 64.9 Å². The minimum absolute atomic E-state index is 0.0842. The Balaban J connectivity index is 0.00000134. The molecule has 2 aromatic rings. The van der Waals surface area contributed by atoms with Gasteiger partial charge in [-0.3, -0.25) is 9.59 Å². The minimum Gasteiger partial charge on any atom is -0.402 e. The molecule has 0 atom stereocenters. The lowest BCUT2D eigenvalue weighted by Gasteiger charge is -2.12. The molecule has 0 saturated heterocycles. The van der Waals surface area contributed by atoms with Gasteiger partial charge in [-0.2, -0.15) is 0 Å². The van der Waals surface area contributed by atoms with E-state index in [-0.39, 0.29) is 19.0 Å². The average Bonchev–Trinajstić information content (AvgIpc) is 2.78. The van der Waals surface area contributed by atoms with E-state index in [0.717, 1.165) is 17.7 Å². The topological polar surface area (TPSA) is 122 Å². The summed E-state index contributed by atoms with van der Waals surface area (Å²) in [6.45, 7) is 9.27. The van der Waals surface area contributed by atoms with Crippen molar-refractivity contribution in [1.82, 2.24) is 10.6 Å². The van der Waals surface area contributed by atoms with Crippen LogP contribution in [0.15, 0.2) is 48.2 Å². The van der Waals surface area contributed by atoms with Gasteiger partial charge < -0.3 is 27.4 Å². The zero-order valence-electron chi connectivity index (χ0n) is 19.3. The number of anilines is 2. The summed E-state index contributed by atoms with van der Waals surface area (Å²) in [7, 11) is 1.93. The number of hydrogen-bond acceptors (Lipinski definition) is 6. The number of aryl methyl sites for hydroxylation is 1. The Morgan fingerprint density at radius 1 is 1.06 bits per heavy atom. The lowest BCUT2D eigenvalue weighted by atomic mass is 10.1. The van der Waals surface area contributed by atoms with Gasteiger partial charge in [-0.05, 0) is 49.9 Å². The van der Waals surface area contributed by atoms with Crippen molar-refractivity contribution >= 4 is 29.6 Å². The van der Waals surface area contributed by atoms with Crippen LogP contribution in [0.1, 0.15) is 48.7 Å². The molecule has 0 radical (unpaired) electrons. The molecule has 7 N–H and O–H groups in total. The monoisotopic (exact) mass is 427 g/mol. The Morgan fingerprint density at radius 2 is 1.68 bits per heavy atom. The molecule has 31 heavy (non-hydrogen) atoms. The number of benzene rings is 2. The Bertz CT molecular complexity index is 832. The first-order valence-electron chi connectivity index (χ1n) is 10.4. The highest BCUT2D eigenvalue weighted by atomic mass is 16.1. The van der Waals surface area contributed by atoms with Crippen molar-refractivity contribution in [2.75, 3.05) is 31.3 Å². The van der Waals surface area contributed by atoms with Gasteiger partial charge in [0.25, 0.3) is 0 Å². The maximum atomic E-state index is 12.0. The van der Waals surface area contributed by atoms with Gasteiger partial charge in [0.15, 0.2) is 6.29 Å². The Labute approximate surface area is 186 Å². The van der Waals surface area contributed by atoms with Crippen LogP contribution in [0.25, 0.3) is 6.08 Å². The number of nitrogen functional groups attached to an aromatic ring is 1. The van der Waals surface area contributed by atoms with Gasteiger partial charge >= 0.3 is 0 Å². The molecular formula is C24H37N5O2. The standard InChI is InChI=1S/C19H22N4O2.C3H9N.C2H6/c1-13-5-2-3-6-14(13)9-16(20)10-18(25)22-12-23-19-15(11-24)7-4-8-17(19)21;1-3-4-2;1-2/h2-9,11,23H,10,12,20-21H2,1H3,(H,22,25);4H,3H2,1-2H3;1-2H3/b16-9-;;. The molecule has 7 heteroatoms. The number of nitrogens with two attached hydrogens (primary N) is 2.